The molecular weight excluding hydrogens is 246 g/mol. The molecule has 2 aromatic rings. The molecule has 3 heteroatoms. The summed E-state index contributed by atoms with van der Waals surface area (Å²) in [6.07, 6.45) is 4.19. The van der Waals surface area contributed by atoms with Crippen LogP contribution in [0.2, 0.25) is 0 Å². The number of anilines is 2. The summed E-state index contributed by atoms with van der Waals surface area (Å²) in [6.45, 7) is 8.74. The van der Waals surface area contributed by atoms with E-state index in [-0.39, 0.29) is 0 Å². The number of nitrogens with zero attached hydrogens (tertiary/aromatic N) is 2. The van der Waals surface area contributed by atoms with E-state index >= 15 is 0 Å². The number of aromatic nitrogens is 1. The fraction of sp³-hybridized carbons (Fsp3) is 0.471. The Morgan fingerprint density at radius 3 is 2.50 bits per heavy atom. The fourth-order valence-electron chi connectivity index (χ4n) is 2.73. The van der Waals surface area contributed by atoms with E-state index in [1.165, 1.54) is 12.8 Å². The summed E-state index contributed by atoms with van der Waals surface area (Å²) in [7, 11) is 0. The molecule has 20 heavy (non-hydrogen) atoms. The molecule has 0 saturated heterocycles. The van der Waals surface area contributed by atoms with Gasteiger partial charge in [0.2, 0.25) is 0 Å². The predicted octanol–water partition coefficient (Wildman–Crippen LogP) is 4.08. The average molecular weight is 271 g/mol. The molecule has 0 bridgehead atoms. The van der Waals surface area contributed by atoms with Gasteiger partial charge in [-0.05, 0) is 18.9 Å². The molecule has 0 atom stereocenters. The minimum Gasteiger partial charge on any atom is -0.396 e. The van der Waals surface area contributed by atoms with Gasteiger partial charge < -0.3 is 10.6 Å². The van der Waals surface area contributed by atoms with Gasteiger partial charge in [0.1, 0.15) is 0 Å². The standard InChI is InChI=1S/C17H25N3/c1-4-13(5-2)12-20(6-3)17-14-9-7-8-10-16(14)19-11-15(17)18/h7-11,13H,4-6,12,18H2,1-3H3. The van der Waals surface area contributed by atoms with Gasteiger partial charge in [-0.3, -0.25) is 4.98 Å². The maximum atomic E-state index is 6.22. The van der Waals surface area contributed by atoms with Crippen molar-refractivity contribution < 1.29 is 0 Å². The van der Waals surface area contributed by atoms with Crippen LogP contribution in [-0.4, -0.2) is 18.1 Å². The Bertz CT molecular complexity index is 561. The number of hydrogen-bond donors (Lipinski definition) is 1. The maximum Gasteiger partial charge on any atom is 0.0745 e. The summed E-state index contributed by atoms with van der Waals surface area (Å²) in [6, 6.07) is 8.23. The monoisotopic (exact) mass is 271 g/mol. The number of para-hydroxylation sites is 1. The number of pyridine rings is 1. The van der Waals surface area contributed by atoms with Gasteiger partial charge in [-0.25, -0.2) is 0 Å². The molecule has 0 aliphatic carbocycles. The molecule has 1 aromatic heterocycles. The molecule has 1 heterocycles. The van der Waals surface area contributed by atoms with Gasteiger partial charge in [-0.2, -0.15) is 0 Å². The van der Waals surface area contributed by atoms with Crippen LogP contribution in [-0.2, 0) is 0 Å². The molecule has 0 saturated carbocycles. The summed E-state index contributed by atoms with van der Waals surface area (Å²) < 4.78 is 0. The van der Waals surface area contributed by atoms with Crippen molar-refractivity contribution in [3.8, 4) is 0 Å². The Morgan fingerprint density at radius 2 is 1.85 bits per heavy atom. The van der Waals surface area contributed by atoms with Crippen LogP contribution in [0.1, 0.15) is 33.6 Å². The summed E-state index contributed by atoms with van der Waals surface area (Å²) in [5.41, 5.74) is 9.15. The number of nitrogen functional groups attached to an aromatic ring is 1. The SMILES string of the molecule is CCC(CC)CN(CC)c1c(N)cnc2ccccc12. The third-order valence-corrected chi connectivity index (χ3v) is 4.11. The van der Waals surface area contributed by atoms with Crippen molar-refractivity contribution in [1.82, 2.24) is 4.98 Å². The Morgan fingerprint density at radius 1 is 1.15 bits per heavy atom. The second kappa shape index (κ2) is 6.60. The number of rotatable bonds is 6. The molecule has 0 aliphatic heterocycles. The van der Waals surface area contributed by atoms with E-state index < -0.39 is 0 Å². The van der Waals surface area contributed by atoms with E-state index in [1.807, 2.05) is 12.1 Å². The van der Waals surface area contributed by atoms with Crippen LogP contribution in [0, 0.1) is 5.92 Å². The van der Waals surface area contributed by atoms with Gasteiger partial charge in [0.15, 0.2) is 0 Å². The van der Waals surface area contributed by atoms with E-state index in [1.54, 1.807) is 6.20 Å². The van der Waals surface area contributed by atoms with Gasteiger partial charge in [0, 0.05) is 18.5 Å². The van der Waals surface area contributed by atoms with E-state index in [2.05, 4.69) is 42.8 Å². The first kappa shape index (κ1) is 14.6. The molecule has 0 spiro atoms. The quantitative estimate of drug-likeness (QED) is 0.860. The molecule has 1 aromatic carbocycles. The van der Waals surface area contributed by atoms with E-state index in [9.17, 15) is 0 Å². The number of benzene rings is 1. The summed E-state index contributed by atoms with van der Waals surface area (Å²) in [5.74, 6) is 0.710. The second-order valence-corrected chi connectivity index (χ2v) is 5.30. The highest BCUT2D eigenvalue weighted by atomic mass is 15.1. The molecule has 2 rings (SSSR count). The molecule has 0 fully saturated rings. The van der Waals surface area contributed by atoms with E-state index in [0.717, 1.165) is 35.4 Å². The third kappa shape index (κ3) is 2.87. The van der Waals surface area contributed by atoms with Crippen LogP contribution in [0.15, 0.2) is 30.5 Å². The first-order chi connectivity index (χ1) is 9.71. The zero-order valence-electron chi connectivity index (χ0n) is 12.8. The minimum absolute atomic E-state index is 0.710. The summed E-state index contributed by atoms with van der Waals surface area (Å²) in [5, 5.41) is 1.15. The number of fused-ring (bicyclic) bond motifs is 1. The normalized spacial score (nSPS) is 11.2. The largest absolute Gasteiger partial charge is 0.396 e. The maximum absolute atomic E-state index is 6.22. The molecule has 0 unspecified atom stereocenters. The first-order valence-corrected chi connectivity index (χ1v) is 7.59. The van der Waals surface area contributed by atoms with Crippen molar-refractivity contribution in [2.45, 2.75) is 33.6 Å². The van der Waals surface area contributed by atoms with Crippen molar-refractivity contribution >= 4 is 22.3 Å². The average Bonchev–Trinajstić information content (AvgIpc) is 2.49. The predicted molar refractivity (Wildman–Crippen MR) is 88.1 cm³/mol. The molecule has 0 radical (unpaired) electrons. The Labute approximate surface area is 121 Å². The van der Waals surface area contributed by atoms with Crippen LogP contribution in [0.3, 0.4) is 0 Å². The zero-order chi connectivity index (χ0) is 14.5. The van der Waals surface area contributed by atoms with Gasteiger partial charge in [0.25, 0.3) is 0 Å². The van der Waals surface area contributed by atoms with Crippen molar-refractivity contribution in [3.05, 3.63) is 30.5 Å². The highest BCUT2D eigenvalue weighted by Crippen LogP contribution is 2.32. The lowest BCUT2D eigenvalue weighted by Crippen LogP contribution is -2.30. The van der Waals surface area contributed by atoms with Crippen LogP contribution in [0.4, 0.5) is 11.4 Å². The first-order valence-electron chi connectivity index (χ1n) is 7.59. The number of nitrogens with two attached hydrogens (primary N) is 1. The third-order valence-electron chi connectivity index (χ3n) is 4.11. The molecular formula is C17H25N3. The zero-order valence-corrected chi connectivity index (χ0v) is 12.8. The Hall–Kier alpha value is -1.77. The lowest BCUT2D eigenvalue weighted by Gasteiger charge is -2.29. The van der Waals surface area contributed by atoms with Gasteiger partial charge in [0.05, 0.1) is 23.1 Å². The summed E-state index contributed by atoms with van der Waals surface area (Å²) >= 11 is 0. The minimum atomic E-state index is 0.710. The van der Waals surface area contributed by atoms with E-state index in [0.29, 0.717) is 5.92 Å². The lowest BCUT2D eigenvalue weighted by atomic mass is 10.0. The summed E-state index contributed by atoms with van der Waals surface area (Å²) in [4.78, 5) is 6.83. The van der Waals surface area contributed by atoms with Gasteiger partial charge in [-0.1, -0.05) is 44.9 Å². The van der Waals surface area contributed by atoms with Crippen LogP contribution in [0.25, 0.3) is 10.9 Å². The topological polar surface area (TPSA) is 42.1 Å². The van der Waals surface area contributed by atoms with Crippen molar-refractivity contribution in [2.75, 3.05) is 23.7 Å². The van der Waals surface area contributed by atoms with Gasteiger partial charge >= 0.3 is 0 Å². The Balaban J connectivity index is 2.45. The fourth-order valence-corrected chi connectivity index (χ4v) is 2.73. The van der Waals surface area contributed by atoms with Crippen molar-refractivity contribution in [2.24, 2.45) is 5.92 Å². The van der Waals surface area contributed by atoms with Crippen LogP contribution in [0.5, 0.6) is 0 Å². The van der Waals surface area contributed by atoms with E-state index in [4.69, 9.17) is 5.73 Å². The Kier molecular flexibility index (Phi) is 4.83. The highest BCUT2D eigenvalue weighted by Gasteiger charge is 2.16. The lowest BCUT2D eigenvalue weighted by molar-refractivity contribution is 0.487. The van der Waals surface area contributed by atoms with Crippen LogP contribution < -0.4 is 10.6 Å². The van der Waals surface area contributed by atoms with Crippen molar-refractivity contribution in [3.63, 3.8) is 0 Å². The molecule has 2 N–H and O–H groups in total. The van der Waals surface area contributed by atoms with Crippen molar-refractivity contribution in [1.29, 1.82) is 0 Å². The van der Waals surface area contributed by atoms with Crippen LogP contribution >= 0.6 is 0 Å². The molecule has 0 aliphatic rings. The molecule has 0 amide bonds. The second-order valence-electron chi connectivity index (χ2n) is 5.30. The van der Waals surface area contributed by atoms with Gasteiger partial charge in [-0.15, -0.1) is 0 Å². The molecule has 3 nitrogen and oxygen atoms in total. The highest BCUT2D eigenvalue weighted by molar-refractivity contribution is 5.97. The molecule has 108 valence electrons. The smallest absolute Gasteiger partial charge is 0.0745 e. The number of hydrogen-bond acceptors (Lipinski definition) is 3.